The highest BCUT2D eigenvalue weighted by atomic mass is 79.9. The van der Waals surface area contributed by atoms with Crippen molar-refractivity contribution in [2.45, 2.75) is 86.5 Å². The van der Waals surface area contributed by atoms with E-state index in [1.807, 2.05) is 42.2 Å². The van der Waals surface area contributed by atoms with E-state index in [-0.39, 0.29) is 41.7 Å². The van der Waals surface area contributed by atoms with Crippen LogP contribution in [0.4, 0.5) is 5.69 Å². The predicted molar refractivity (Wildman–Crippen MR) is 161 cm³/mol. The van der Waals surface area contributed by atoms with Crippen LogP contribution in [0.25, 0.3) is 0 Å². The van der Waals surface area contributed by atoms with E-state index in [4.69, 9.17) is 4.74 Å². The molecule has 1 aromatic rings. The number of hydrogen-bond acceptors (Lipinski definition) is 5. The number of aliphatic hydroxyl groups excluding tert-OH is 1. The molecule has 0 aromatic heterocycles. The molecule has 1 N–H and O–H groups in total. The van der Waals surface area contributed by atoms with Crippen LogP contribution in [0.1, 0.15) is 51.9 Å². The van der Waals surface area contributed by atoms with Gasteiger partial charge in [0.1, 0.15) is 11.6 Å². The van der Waals surface area contributed by atoms with Crippen molar-refractivity contribution < 1.29 is 24.2 Å². The van der Waals surface area contributed by atoms with Gasteiger partial charge in [-0.2, -0.15) is 0 Å². The fourth-order valence-corrected chi connectivity index (χ4v) is 8.73. The number of likely N-dealkylation sites (tertiary alicyclic amines) is 1. The molecule has 222 valence electrons. The quantitative estimate of drug-likeness (QED) is 0.295. The minimum absolute atomic E-state index is 0.0628. The summed E-state index contributed by atoms with van der Waals surface area (Å²) < 4.78 is 6.75. The SMILES string of the molecule is C=CCN(C(=O)[C@H]1[C@@H]2OC3(CC2Br)C(C(=O)N(CC=C)C2CCCCC2)N([C@@H](CC)CO)C(=O)[C@H]13)c1ccccc1. The van der Waals surface area contributed by atoms with Gasteiger partial charge in [-0.25, -0.2) is 0 Å². The van der Waals surface area contributed by atoms with Crippen molar-refractivity contribution in [3.8, 4) is 0 Å². The summed E-state index contributed by atoms with van der Waals surface area (Å²) in [6, 6.07) is 7.94. The van der Waals surface area contributed by atoms with Crippen LogP contribution in [0.2, 0.25) is 0 Å². The smallest absolute Gasteiger partial charge is 0.248 e. The van der Waals surface area contributed by atoms with E-state index in [0.717, 1.165) is 32.1 Å². The predicted octanol–water partition coefficient (Wildman–Crippen LogP) is 4.07. The topological polar surface area (TPSA) is 90.4 Å². The Kier molecular flexibility index (Phi) is 9.07. The number of para-hydroxylation sites is 1. The van der Waals surface area contributed by atoms with Crippen molar-refractivity contribution in [2.24, 2.45) is 11.8 Å². The number of hydrogen-bond donors (Lipinski definition) is 1. The molecule has 3 saturated heterocycles. The van der Waals surface area contributed by atoms with E-state index in [9.17, 15) is 19.5 Å². The molecule has 3 amide bonds. The van der Waals surface area contributed by atoms with E-state index < -0.39 is 35.6 Å². The van der Waals surface area contributed by atoms with Gasteiger partial charge >= 0.3 is 0 Å². The van der Waals surface area contributed by atoms with Crippen molar-refractivity contribution in [3.63, 3.8) is 0 Å². The lowest BCUT2D eigenvalue weighted by molar-refractivity contribution is -0.153. The Bertz CT molecular complexity index is 1150. The van der Waals surface area contributed by atoms with Crippen LogP contribution >= 0.6 is 15.9 Å². The second-order valence-corrected chi connectivity index (χ2v) is 13.0. The summed E-state index contributed by atoms with van der Waals surface area (Å²) in [6.07, 6.45) is 8.85. The number of anilines is 1. The fourth-order valence-electron chi connectivity index (χ4n) is 7.78. The Morgan fingerprint density at radius 1 is 1.15 bits per heavy atom. The molecular formula is C32H42BrN3O5. The highest BCUT2D eigenvalue weighted by Gasteiger charge is 2.77. The summed E-state index contributed by atoms with van der Waals surface area (Å²) in [5.74, 6) is -2.26. The molecule has 1 aromatic carbocycles. The third-order valence-electron chi connectivity index (χ3n) is 9.59. The van der Waals surface area contributed by atoms with Crippen LogP contribution in [-0.4, -0.2) is 87.0 Å². The molecule has 4 aliphatic rings. The zero-order chi connectivity index (χ0) is 29.3. The van der Waals surface area contributed by atoms with Crippen molar-refractivity contribution in [1.82, 2.24) is 9.80 Å². The number of rotatable bonds is 11. The van der Waals surface area contributed by atoms with Crippen molar-refractivity contribution in [3.05, 3.63) is 55.6 Å². The third kappa shape index (κ3) is 4.97. The summed E-state index contributed by atoms with van der Waals surface area (Å²) in [4.78, 5) is 48.5. The molecular weight excluding hydrogens is 586 g/mol. The number of benzene rings is 1. The van der Waals surface area contributed by atoms with Gasteiger partial charge in [0, 0.05) is 29.6 Å². The summed E-state index contributed by atoms with van der Waals surface area (Å²) in [5, 5.41) is 10.4. The molecule has 2 bridgehead atoms. The fraction of sp³-hybridized carbons (Fsp3) is 0.594. The van der Waals surface area contributed by atoms with Crippen LogP contribution < -0.4 is 4.90 Å². The van der Waals surface area contributed by atoms with Crippen molar-refractivity contribution in [2.75, 3.05) is 24.6 Å². The molecule has 5 rings (SSSR count). The lowest BCUT2D eigenvalue weighted by Crippen LogP contribution is -2.60. The average molecular weight is 629 g/mol. The van der Waals surface area contributed by atoms with E-state index in [0.29, 0.717) is 25.1 Å². The lowest BCUT2D eigenvalue weighted by atomic mass is 9.70. The average Bonchev–Trinajstić information content (AvgIpc) is 3.59. The van der Waals surface area contributed by atoms with Crippen LogP contribution in [0, 0.1) is 11.8 Å². The van der Waals surface area contributed by atoms with E-state index in [1.54, 1.807) is 22.0 Å². The highest BCUT2D eigenvalue weighted by molar-refractivity contribution is 9.09. The Hall–Kier alpha value is -2.49. The molecule has 4 fully saturated rings. The number of fused-ring (bicyclic) bond motifs is 1. The molecule has 1 aliphatic carbocycles. The Morgan fingerprint density at radius 3 is 2.44 bits per heavy atom. The number of ether oxygens (including phenoxy) is 1. The van der Waals surface area contributed by atoms with Gasteiger partial charge < -0.3 is 24.5 Å². The standard InChI is InChI=1S/C32H42BrN3O5/c1-4-17-34(22-13-9-7-10-14-22)29(38)25-26-30(39)36(21(6-3)20-37)28(32(26)19-24(33)27(25)41-32)31(40)35(18-5-2)23-15-11-8-12-16-23/h4-5,7,9-10,13-14,21,23-28,37H,1-2,6,8,11-12,15-20H2,3H3/t21-,24?,25+,26-,27+,28?,32?/m0/s1. The maximum Gasteiger partial charge on any atom is 0.248 e. The first-order valence-electron chi connectivity index (χ1n) is 15.0. The molecule has 41 heavy (non-hydrogen) atoms. The Balaban J connectivity index is 1.58. The molecule has 7 atom stereocenters. The van der Waals surface area contributed by atoms with Crippen LogP contribution in [0.5, 0.6) is 0 Å². The zero-order valence-corrected chi connectivity index (χ0v) is 25.5. The van der Waals surface area contributed by atoms with Crippen LogP contribution in [0.15, 0.2) is 55.6 Å². The molecule has 0 radical (unpaired) electrons. The van der Waals surface area contributed by atoms with Gasteiger partial charge in [0.15, 0.2) is 0 Å². The Morgan fingerprint density at radius 2 is 1.83 bits per heavy atom. The molecule has 1 saturated carbocycles. The van der Waals surface area contributed by atoms with Gasteiger partial charge in [-0.05, 0) is 37.8 Å². The first kappa shape index (κ1) is 30.0. The molecule has 3 heterocycles. The number of aliphatic hydroxyl groups is 1. The molecule has 1 spiro atoms. The van der Waals surface area contributed by atoms with Gasteiger partial charge in [-0.3, -0.25) is 14.4 Å². The summed E-state index contributed by atoms with van der Waals surface area (Å²) in [7, 11) is 0. The van der Waals surface area contributed by atoms with Gasteiger partial charge in [0.2, 0.25) is 17.7 Å². The van der Waals surface area contributed by atoms with E-state index in [1.165, 1.54) is 0 Å². The summed E-state index contributed by atoms with van der Waals surface area (Å²) >= 11 is 3.78. The number of alkyl halides is 1. The maximum atomic E-state index is 14.7. The van der Waals surface area contributed by atoms with E-state index >= 15 is 0 Å². The monoisotopic (exact) mass is 627 g/mol. The van der Waals surface area contributed by atoms with Gasteiger partial charge in [0.25, 0.3) is 0 Å². The highest BCUT2D eigenvalue weighted by Crippen LogP contribution is 2.61. The third-order valence-corrected chi connectivity index (χ3v) is 10.4. The van der Waals surface area contributed by atoms with Crippen LogP contribution in [0.3, 0.4) is 0 Å². The second kappa shape index (κ2) is 12.4. The largest absolute Gasteiger partial charge is 0.394 e. The van der Waals surface area contributed by atoms with Crippen molar-refractivity contribution >= 4 is 39.3 Å². The number of nitrogens with zero attached hydrogens (tertiary/aromatic N) is 3. The number of halogens is 1. The van der Waals surface area contributed by atoms with Crippen LogP contribution in [-0.2, 0) is 19.1 Å². The lowest BCUT2D eigenvalue weighted by Gasteiger charge is -2.42. The van der Waals surface area contributed by atoms with Gasteiger partial charge in [-0.15, -0.1) is 13.2 Å². The number of amides is 3. The zero-order valence-electron chi connectivity index (χ0n) is 23.9. The first-order valence-corrected chi connectivity index (χ1v) is 15.9. The first-order chi connectivity index (χ1) is 19.8. The minimum Gasteiger partial charge on any atom is -0.394 e. The molecule has 3 unspecified atom stereocenters. The number of carbonyl (C=O) groups is 3. The molecule has 9 heteroatoms. The minimum atomic E-state index is -1.17. The second-order valence-electron chi connectivity index (χ2n) is 11.8. The van der Waals surface area contributed by atoms with Crippen molar-refractivity contribution in [1.29, 1.82) is 0 Å². The maximum absolute atomic E-state index is 14.7. The summed E-state index contributed by atoms with van der Waals surface area (Å²) in [5.41, 5.74) is -0.452. The normalized spacial score (nSPS) is 31.5. The molecule has 3 aliphatic heterocycles. The van der Waals surface area contributed by atoms with Gasteiger partial charge in [-0.1, -0.05) is 72.5 Å². The van der Waals surface area contributed by atoms with E-state index in [2.05, 4.69) is 29.1 Å². The summed E-state index contributed by atoms with van der Waals surface area (Å²) in [6.45, 7) is 10.1. The number of carbonyl (C=O) groups excluding carboxylic acids is 3. The van der Waals surface area contributed by atoms with Gasteiger partial charge in [0.05, 0.1) is 30.6 Å². The molecule has 8 nitrogen and oxygen atoms in total. The Labute approximate surface area is 251 Å².